The summed E-state index contributed by atoms with van der Waals surface area (Å²) in [6.07, 6.45) is 0.719. The van der Waals surface area contributed by atoms with Gasteiger partial charge in [-0.15, -0.1) is 0 Å². The first-order valence-corrected chi connectivity index (χ1v) is 5.85. The SMILES string of the molecule is OC(c1cc(Br)c2c(c1)OCO2)c1ccco1. The number of furan rings is 1. The Kier molecular flexibility index (Phi) is 2.57. The van der Waals surface area contributed by atoms with Crippen LogP contribution in [0.1, 0.15) is 17.4 Å². The third-order valence-electron chi connectivity index (χ3n) is 2.58. The molecule has 0 radical (unpaired) electrons. The third kappa shape index (κ3) is 1.81. The summed E-state index contributed by atoms with van der Waals surface area (Å²) in [4.78, 5) is 0. The van der Waals surface area contributed by atoms with Gasteiger partial charge in [0.15, 0.2) is 11.5 Å². The van der Waals surface area contributed by atoms with Crippen LogP contribution in [0.25, 0.3) is 0 Å². The van der Waals surface area contributed by atoms with Crippen LogP contribution in [0.2, 0.25) is 0 Å². The maximum absolute atomic E-state index is 10.1. The molecule has 3 rings (SSSR count). The molecule has 0 bridgehead atoms. The zero-order valence-electron chi connectivity index (χ0n) is 8.72. The maximum Gasteiger partial charge on any atom is 0.231 e. The maximum atomic E-state index is 10.1. The Morgan fingerprint density at radius 2 is 2.18 bits per heavy atom. The van der Waals surface area contributed by atoms with Crippen molar-refractivity contribution in [1.29, 1.82) is 0 Å². The molecule has 0 spiro atoms. The summed E-state index contributed by atoms with van der Waals surface area (Å²) in [5, 5.41) is 10.1. The molecule has 0 aliphatic carbocycles. The Hall–Kier alpha value is -1.46. The molecule has 1 N–H and O–H groups in total. The zero-order chi connectivity index (χ0) is 11.8. The molecule has 0 amide bonds. The highest BCUT2D eigenvalue weighted by Gasteiger charge is 2.22. The van der Waals surface area contributed by atoms with Gasteiger partial charge in [0.2, 0.25) is 6.79 Å². The summed E-state index contributed by atoms with van der Waals surface area (Å²) in [7, 11) is 0. The Morgan fingerprint density at radius 3 is 2.94 bits per heavy atom. The number of rotatable bonds is 2. The number of aliphatic hydroxyl groups excluding tert-OH is 1. The van der Waals surface area contributed by atoms with Crippen LogP contribution in [-0.2, 0) is 0 Å². The van der Waals surface area contributed by atoms with E-state index in [1.165, 1.54) is 6.26 Å². The van der Waals surface area contributed by atoms with Crippen LogP contribution in [0.4, 0.5) is 0 Å². The van der Waals surface area contributed by atoms with Gasteiger partial charge in [-0.05, 0) is 45.8 Å². The highest BCUT2D eigenvalue weighted by atomic mass is 79.9. The van der Waals surface area contributed by atoms with Gasteiger partial charge in [0.1, 0.15) is 11.9 Å². The van der Waals surface area contributed by atoms with Crippen LogP contribution in [0.15, 0.2) is 39.4 Å². The summed E-state index contributed by atoms with van der Waals surface area (Å²) in [5.74, 6) is 1.79. The van der Waals surface area contributed by atoms with Crippen molar-refractivity contribution in [3.8, 4) is 11.5 Å². The van der Waals surface area contributed by atoms with Gasteiger partial charge in [0, 0.05) is 0 Å². The standard InChI is InChI=1S/C12H9BrO4/c13-8-4-7(5-10-12(8)17-6-16-10)11(14)9-2-1-3-15-9/h1-5,11,14H,6H2. The van der Waals surface area contributed by atoms with E-state index in [0.29, 0.717) is 22.8 Å². The molecule has 1 aromatic heterocycles. The van der Waals surface area contributed by atoms with Gasteiger partial charge in [0.05, 0.1) is 10.7 Å². The highest BCUT2D eigenvalue weighted by Crippen LogP contribution is 2.42. The molecule has 88 valence electrons. The lowest BCUT2D eigenvalue weighted by molar-refractivity contribution is 0.172. The van der Waals surface area contributed by atoms with E-state index in [4.69, 9.17) is 13.9 Å². The van der Waals surface area contributed by atoms with E-state index >= 15 is 0 Å². The number of fused-ring (bicyclic) bond motifs is 1. The fourth-order valence-corrected chi connectivity index (χ4v) is 2.33. The molecule has 2 aromatic rings. The number of halogens is 1. The molecular formula is C12H9BrO4. The Bertz CT molecular complexity index is 536. The van der Waals surface area contributed by atoms with E-state index in [0.717, 1.165) is 4.47 Å². The van der Waals surface area contributed by atoms with E-state index < -0.39 is 6.10 Å². The quantitative estimate of drug-likeness (QED) is 0.926. The summed E-state index contributed by atoms with van der Waals surface area (Å²) < 4.78 is 16.5. The van der Waals surface area contributed by atoms with Crippen molar-refractivity contribution in [3.05, 3.63) is 46.3 Å². The molecule has 1 aliphatic rings. The van der Waals surface area contributed by atoms with E-state index in [-0.39, 0.29) is 6.79 Å². The second-order valence-electron chi connectivity index (χ2n) is 3.65. The molecule has 2 heterocycles. The summed E-state index contributed by atoms with van der Waals surface area (Å²) in [6, 6.07) is 7.00. The lowest BCUT2D eigenvalue weighted by Gasteiger charge is -2.10. The third-order valence-corrected chi connectivity index (χ3v) is 3.17. The minimum absolute atomic E-state index is 0.203. The second-order valence-corrected chi connectivity index (χ2v) is 4.51. The number of hydrogen-bond donors (Lipinski definition) is 1. The zero-order valence-corrected chi connectivity index (χ0v) is 10.3. The second kappa shape index (κ2) is 4.09. The topological polar surface area (TPSA) is 51.8 Å². The largest absolute Gasteiger partial charge is 0.466 e. The summed E-state index contributed by atoms with van der Waals surface area (Å²) in [5.41, 5.74) is 0.691. The first kappa shape index (κ1) is 10.7. The number of aliphatic hydroxyl groups is 1. The van der Waals surface area contributed by atoms with Crippen LogP contribution in [0.5, 0.6) is 11.5 Å². The van der Waals surface area contributed by atoms with Crippen LogP contribution >= 0.6 is 15.9 Å². The molecule has 1 atom stereocenters. The first-order chi connectivity index (χ1) is 8.25. The molecule has 0 fully saturated rings. The van der Waals surface area contributed by atoms with Gasteiger partial charge in [-0.2, -0.15) is 0 Å². The monoisotopic (exact) mass is 296 g/mol. The molecule has 0 saturated carbocycles. The Balaban J connectivity index is 2.02. The minimum atomic E-state index is -0.809. The number of hydrogen-bond acceptors (Lipinski definition) is 4. The van der Waals surface area contributed by atoms with Gasteiger partial charge in [0.25, 0.3) is 0 Å². The molecule has 1 aromatic carbocycles. The Morgan fingerprint density at radius 1 is 1.29 bits per heavy atom. The van der Waals surface area contributed by atoms with Crippen molar-refractivity contribution in [2.45, 2.75) is 6.10 Å². The molecule has 5 heteroatoms. The molecule has 0 saturated heterocycles. The van der Waals surface area contributed by atoms with Gasteiger partial charge >= 0.3 is 0 Å². The van der Waals surface area contributed by atoms with Gasteiger partial charge < -0.3 is 19.0 Å². The van der Waals surface area contributed by atoms with Crippen molar-refractivity contribution in [1.82, 2.24) is 0 Å². The smallest absolute Gasteiger partial charge is 0.231 e. The lowest BCUT2D eigenvalue weighted by atomic mass is 10.1. The number of ether oxygens (including phenoxy) is 2. The van der Waals surface area contributed by atoms with E-state index in [2.05, 4.69) is 15.9 Å². The summed E-state index contributed by atoms with van der Waals surface area (Å²) in [6.45, 7) is 0.203. The van der Waals surface area contributed by atoms with Crippen molar-refractivity contribution in [3.63, 3.8) is 0 Å². The molecular weight excluding hydrogens is 288 g/mol. The normalized spacial score (nSPS) is 14.9. The summed E-state index contributed by atoms with van der Waals surface area (Å²) >= 11 is 3.38. The van der Waals surface area contributed by atoms with Crippen LogP contribution in [0.3, 0.4) is 0 Å². The van der Waals surface area contributed by atoms with E-state index in [1.807, 2.05) is 0 Å². The van der Waals surface area contributed by atoms with Crippen LogP contribution in [0, 0.1) is 0 Å². The Labute approximate surface area is 106 Å². The first-order valence-electron chi connectivity index (χ1n) is 5.06. The fourth-order valence-electron chi connectivity index (χ4n) is 1.76. The lowest BCUT2D eigenvalue weighted by Crippen LogP contribution is -1.98. The van der Waals surface area contributed by atoms with Crippen LogP contribution in [-0.4, -0.2) is 11.9 Å². The minimum Gasteiger partial charge on any atom is -0.466 e. The number of benzene rings is 1. The highest BCUT2D eigenvalue weighted by molar-refractivity contribution is 9.10. The van der Waals surface area contributed by atoms with Gasteiger partial charge in [-0.1, -0.05) is 0 Å². The molecule has 4 nitrogen and oxygen atoms in total. The van der Waals surface area contributed by atoms with Crippen LogP contribution < -0.4 is 9.47 Å². The van der Waals surface area contributed by atoms with Gasteiger partial charge in [-0.25, -0.2) is 0 Å². The van der Waals surface area contributed by atoms with Crippen molar-refractivity contribution >= 4 is 15.9 Å². The van der Waals surface area contributed by atoms with E-state index in [1.54, 1.807) is 24.3 Å². The average Bonchev–Trinajstić information content (AvgIpc) is 2.98. The molecule has 17 heavy (non-hydrogen) atoms. The average molecular weight is 297 g/mol. The predicted molar refractivity (Wildman–Crippen MR) is 63.0 cm³/mol. The van der Waals surface area contributed by atoms with Crippen molar-refractivity contribution in [2.75, 3.05) is 6.79 Å². The van der Waals surface area contributed by atoms with Crippen molar-refractivity contribution < 1.29 is 19.0 Å². The predicted octanol–water partition coefficient (Wildman–Crippen LogP) is 2.85. The van der Waals surface area contributed by atoms with E-state index in [9.17, 15) is 5.11 Å². The molecule has 1 unspecified atom stereocenters. The fraction of sp³-hybridized carbons (Fsp3) is 0.167. The molecule has 1 aliphatic heterocycles. The van der Waals surface area contributed by atoms with Crippen molar-refractivity contribution in [2.24, 2.45) is 0 Å². The van der Waals surface area contributed by atoms with Gasteiger partial charge in [-0.3, -0.25) is 0 Å².